The standard InChI is InChI=1S/C15H18N2O5/c1-2-21-15(20)17-11-3-4-12-10(9-16-5-6-18)7-14(19)22-13(12)8-11/h3-4,7-8,16,18H,2,5-6,9H2,1H3,(H,17,20). The molecule has 0 aliphatic carbocycles. The highest BCUT2D eigenvalue weighted by Crippen LogP contribution is 2.21. The average Bonchev–Trinajstić information content (AvgIpc) is 2.47. The molecule has 0 fully saturated rings. The quantitative estimate of drug-likeness (QED) is 0.551. The predicted molar refractivity (Wildman–Crippen MR) is 81.9 cm³/mol. The van der Waals surface area contributed by atoms with Gasteiger partial charge in [0.05, 0.1) is 13.2 Å². The van der Waals surface area contributed by atoms with Crippen molar-refractivity contribution in [1.29, 1.82) is 0 Å². The lowest BCUT2D eigenvalue weighted by atomic mass is 10.1. The van der Waals surface area contributed by atoms with E-state index in [0.29, 0.717) is 24.4 Å². The van der Waals surface area contributed by atoms with Crippen molar-refractivity contribution in [3.8, 4) is 0 Å². The van der Waals surface area contributed by atoms with E-state index in [9.17, 15) is 9.59 Å². The van der Waals surface area contributed by atoms with Gasteiger partial charge in [0.25, 0.3) is 0 Å². The smallest absolute Gasteiger partial charge is 0.411 e. The zero-order valence-corrected chi connectivity index (χ0v) is 12.2. The van der Waals surface area contributed by atoms with Gasteiger partial charge in [-0.3, -0.25) is 5.32 Å². The van der Waals surface area contributed by atoms with Crippen LogP contribution < -0.4 is 16.3 Å². The third-order valence-electron chi connectivity index (χ3n) is 2.96. The van der Waals surface area contributed by atoms with Crippen LogP contribution >= 0.6 is 0 Å². The molecule has 118 valence electrons. The van der Waals surface area contributed by atoms with Gasteiger partial charge >= 0.3 is 11.7 Å². The summed E-state index contributed by atoms with van der Waals surface area (Å²) in [5.41, 5.74) is 1.15. The molecule has 0 atom stereocenters. The summed E-state index contributed by atoms with van der Waals surface area (Å²) in [7, 11) is 0. The first-order valence-electron chi connectivity index (χ1n) is 6.96. The Morgan fingerprint density at radius 2 is 2.18 bits per heavy atom. The fourth-order valence-corrected chi connectivity index (χ4v) is 2.04. The molecule has 0 saturated heterocycles. The van der Waals surface area contributed by atoms with Crippen molar-refractivity contribution in [2.24, 2.45) is 0 Å². The van der Waals surface area contributed by atoms with E-state index in [-0.39, 0.29) is 13.2 Å². The number of carbonyl (C=O) groups excluding carboxylic acids is 1. The van der Waals surface area contributed by atoms with E-state index in [1.807, 2.05) is 0 Å². The van der Waals surface area contributed by atoms with Crippen molar-refractivity contribution >= 4 is 22.7 Å². The Kier molecular flexibility index (Phi) is 5.51. The molecule has 2 rings (SSSR count). The maximum Gasteiger partial charge on any atom is 0.411 e. The molecule has 3 N–H and O–H groups in total. The van der Waals surface area contributed by atoms with Crippen LogP contribution in [0.25, 0.3) is 11.0 Å². The zero-order valence-electron chi connectivity index (χ0n) is 12.2. The second-order valence-electron chi connectivity index (χ2n) is 4.55. The molecule has 0 aliphatic heterocycles. The summed E-state index contributed by atoms with van der Waals surface area (Å²) in [6.07, 6.45) is -0.565. The number of ether oxygens (including phenoxy) is 1. The molecule has 1 amide bonds. The lowest BCUT2D eigenvalue weighted by molar-refractivity contribution is 0.168. The molecule has 1 aromatic heterocycles. The number of hydrogen-bond donors (Lipinski definition) is 3. The van der Waals surface area contributed by atoms with Gasteiger partial charge in [0.1, 0.15) is 5.58 Å². The molecule has 0 bridgehead atoms. The molecule has 0 unspecified atom stereocenters. The maximum absolute atomic E-state index is 11.6. The molecular formula is C15H18N2O5. The van der Waals surface area contributed by atoms with E-state index in [1.54, 1.807) is 25.1 Å². The molecule has 2 aromatic rings. The van der Waals surface area contributed by atoms with E-state index in [4.69, 9.17) is 14.3 Å². The van der Waals surface area contributed by atoms with Crippen molar-refractivity contribution in [2.45, 2.75) is 13.5 Å². The first-order valence-corrected chi connectivity index (χ1v) is 6.96. The Hall–Kier alpha value is -2.38. The summed E-state index contributed by atoms with van der Waals surface area (Å²) < 4.78 is 9.96. The summed E-state index contributed by atoms with van der Waals surface area (Å²) in [5, 5.41) is 15.1. The van der Waals surface area contributed by atoms with Gasteiger partial charge in [-0.25, -0.2) is 9.59 Å². The first-order chi connectivity index (χ1) is 10.6. The predicted octanol–water partition coefficient (Wildman–Crippen LogP) is 1.44. The summed E-state index contributed by atoms with van der Waals surface area (Å²) in [5.74, 6) is 0. The monoisotopic (exact) mass is 306 g/mol. The van der Waals surface area contributed by atoms with Gasteiger partial charge in [-0.05, 0) is 24.6 Å². The number of aliphatic hydroxyl groups is 1. The third-order valence-corrected chi connectivity index (χ3v) is 2.96. The normalized spacial score (nSPS) is 10.6. The van der Waals surface area contributed by atoms with Gasteiger partial charge < -0.3 is 19.6 Å². The van der Waals surface area contributed by atoms with Gasteiger partial charge in [0.15, 0.2) is 0 Å². The van der Waals surface area contributed by atoms with Gasteiger partial charge in [-0.2, -0.15) is 0 Å². The van der Waals surface area contributed by atoms with Crippen molar-refractivity contribution < 1.29 is 19.1 Å². The van der Waals surface area contributed by atoms with Gasteiger partial charge in [-0.15, -0.1) is 0 Å². The number of anilines is 1. The van der Waals surface area contributed by atoms with Crippen molar-refractivity contribution in [3.05, 3.63) is 40.2 Å². The fraction of sp³-hybridized carbons (Fsp3) is 0.333. The Morgan fingerprint density at radius 1 is 1.36 bits per heavy atom. The largest absolute Gasteiger partial charge is 0.450 e. The molecule has 0 aliphatic rings. The highest BCUT2D eigenvalue weighted by Gasteiger charge is 2.08. The highest BCUT2D eigenvalue weighted by atomic mass is 16.5. The lowest BCUT2D eigenvalue weighted by Crippen LogP contribution is -2.18. The molecule has 1 heterocycles. The van der Waals surface area contributed by atoms with Crippen molar-refractivity contribution in [3.63, 3.8) is 0 Å². The molecule has 0 radical (unpaired) electrons. The maximum atomic E-state index is 11.6. The van der Waals surface area contributed by atoms with Crippen LogP contribution in [0.15, 0.2) is 33.5 Å². The second-order valence-corrected chi connectivity index (χ2v) is 4.55. The summed E-state index contributed by atoms with van der Waals surface area (Å²) >= 11 is 0. The van der Waals surface area contributed by atoms with Crippen LogP contribution in [0.5, 0.6) is 0 Å². The number of benzene rings is 1. The van der Waals surface area contributed by atoms with Crippen molar-refractivity contribution in [1.82, 2.24) is 5.32 Å². The molecule has 0 saturated carbocycles. The van der Waals surface area contributed by atoms with E-state index in [1.165, 1.54) is 6.07 Å². The molecule has 22 heavy (non-hydrogen) atoms. The Labute approximate surface area is 126 Å². The van der Waals surface area contributed by atoms with Crippen LogP contribution in [0, 0.1) is 0 Å². The molecule has 0 spiro atoms. The van der Waals surface area contributed by atoms with Crippen LogP contribution in [-0.4, -0.2) is 31.0 Å². The minimum Gasteiger partial charge on any atom is -0.450 e. The topological polar surface area (TPSA) is 101 Å². The number of fused-ring (bicyclic) bond motifs is 1. The SMILES string of the molecule is CCOC(=O)Nc1ccc2c(CNCCO)cc(=O)oc2c1. The van der Waals surface area contributed by atoms with Crippen LogP contribution in [0.4, 0.5) is 10.5 Å². The van der Waals surface area contributed by atoms with Gasteiger partial charge in [0.2, 0.25) is 0 Å². The Bertz CT molecular complexity index is 711. The number of hydrogen-bond acceptors (Lipinski definition) is 6. The Balaban J connectivity index is 2.28. The van der Waals surface area contributed by atoms with Gasteiger partial charge in [-0.1, -0.05) is 0 Å². The third kappa shape index (κ3) is 4.06. The number of carbonyl (C=O) groups is 1. The number of rotatable bonds is 6. The Morgan fingerprint density at radius 3 is 2.91 bits per heavy atom. The van der Waals surface area contributed by atoms with E-state index in [0.717, 1.165) is 10.9 Å². The summed E-state index contributed by atoms with van der Waals surface area (Å²) in [4.78, 5) is 23.0. The molecular weight excluding hydrogens is 288 g/mol. The van der Waals surface area contributed by atoms with Crippen molar-refractivity contribution in [2.75, 3.05) is 25.1 Å². The van der Waals surface area contributed by atoms with E-state index < -0.39 is 11.7 Å². The zero-order chi connectivity index (χ0) is 15.9. The first kappa shape index (κ1) is 16.0. The summed E-state index contributed by atoms with van der Waals surface area (Å²) in [6, 6.07) is 6.44. The van der Waals surface area contributed by atoms with Crippen LogP contribution in [0.2, 0.25) is 0 Å². The van der Waals surface area contributed by atoms with Crippen LogP contribution in [0.1, 0.15) is 12.5 Å². The second kappa shape index (κ2) is 7.58. The van der Waals surface area contributed by atoms with E-state index >= 15 is 0 Å². The van der Waals surface area contributed by atoms with Crippen LogP contribution in [-0.2, 0) is 11.3 Å². The average molecular weight is 306 g/mol. The molecule has 7 heteroatoms. The number of aliphatic hydroxyl groups excluding tert-OH is 1. The summed E-state index contributed by atoms with van der Waals surface area (Å²) in [6.45, 7) is 2.88. The molecule has 7 nitrogen and oxygen atoms in total. The minimum absolute atomic E-state index is 0.0208. The number of amides is 1. The fourth-order valence-electron chi connectivity index (χ4n) is 2.04. The lowest BCUT2D eigenvalue weighted by Gasteiger charge is -2.09. The number of nitrogens with one attached hydrogen (secondary N) is 2. The highest BCUT2D eigenvalue weighted by molar-refractivity contribution is 5.89. The van der Waals surface area contributed by atoms with E-state index in [2.05, 4.69) is 10.6 Å². The minimum atomic E-state index is -0.565. The van der Waals surface area contributed by atoms with Gasteiger partial charge in [0, 0.05) is 36.3 Å². The van der Waals surface area contributed by atoms with Crippen LogP contribution in [0.3, 0.4) is 0 Å². The molecule has 1 aromatic carbocycles.